The highest BCUT2D eigenvalue weighted by atomic mass is 16.6. The molecule has 1 fully saturated rings. The predicted octanol–water partition coefficient (Wildman–Crippen LogP) is 1.18. The van der Waals surface area contributed by atoms with Gasteiger partial charge in [0.25, 0.3) is 0 Å². The Bertz CT molecular complexity index is 450. The molecule has 1 aliphatic heterocycles. The lowest BCUT2D eigenvalue weighted by molar-refractivity contribution is 0.142. The number of carbonyl (C=O) groups excluding carboxylic acids is 1. The Labute approximate surface area is 113 Å². The van der Waals surface area contributed by atoms with Gasteiger partial charge in [0.1, 0.15) is 0 Å². The number of aromatic nitrogens is 2. The topological polar surface area (TPSA) is 67.3 Å². The fraction of sp³-hybridized carbons (Fsp3) is 0.615. The van der Waals surface area contributed by atoms with E-state index < -0.39 is 0 Å². The average Bonchev–Trinajstić information content (AvgIpc) is 2.39. The molecule has 1 aliphatic rings. The zero-order valence-corrected chi connectivity index (χ0v) is 11.6. The maximum atomic E-state index is 11.9. The molecule has 1 amide bonds. The summed E-state index contributed by atoms with van der Waals surface area (Å²) in [6, 6.07) is 1.96. The Kier molecular flexibility index (Phi) is 3.99. The number of hydrogen-bond acceptors (Lipinski definition) is 5. The van der Waals surface area contributed by atoms with Crippen LogP contribution in [0, 0.1) is 0 Å². The van der Waals surface area contributed by atoms with Crippen molar-refractivity contribution in [1.29, 1.82) is 0 Å². The molecule has 0 radical (unpaired) electrons. The Hall–Kier alpha value is -1.69. The van der Waals surface area contributed by atoms with Gasteiger partial charge in [-0.25, -0.2) is 9.78 Å². The van der Waals surface area contributed by atoms with Gasteiger partial charge >= 0.3 is 12.1 Å². The van der Waals surface area contributed by atoms with Crippen molar-refractivity contribution in [2.45, 2.75) is 26.2 Å². The molecular formula is C13H20N4O2. The smallest absolute Gasteiger partial charge is 0.374 e. The lowest BCUT2D eigenvalue weighted by Crippen LogP contribution is -2.47. The molecule has 6 heteroatoms. The number of piperazine rings is 1. The molecule has 0 saturated carbocycles. The second kappa shape index (κ2) is 5.52. The molecule has 0 aromatic carbocycles. The van der Waals surface area contributed by atoms with Crippen molar-refractivity contribution in [3.63, 3.8) is 0 Å². The van der Waals surface area contributed by atoms with Crippen molar-refractivity contribution in [1.82, 2.24) is 20.2 Å². The Morgan fingerprint density at radius 3 is 2.68 bits per heavy atom. The lowest BCUT2D eigenvalue weighted by atomic mass is 9.92. The van der Waals surface area contributed by atoms with Gasteiger partial charge in [-0.3, -0.25) is 0 Å². The number of hydrogen-bond donors (Lipinski definition) is 1. The fourth-order valence-corrected chi connectivity index (χ4v) is 1.80. The molecule has 0 atom stereocenters. The maximum Gasteiger partial charge on any atom is 0.417 e. The normalized spacial score (nSPS) is 16.3. The van der Waals surface area contributed by atoms with Crippen LogP contribution in [-0.2, 0) is 5.41 Å². The van der Waals surface area contributed by atoms with E-state index in [-0.39, 0.29) is 17.5 Å². The minimum absolute atomic E-state index is 0.0981. The van der Waals surface area contributed by atoms with E-state index in [1.54, 1.807) is 11.1 Å². The molecule has 2 heterocycles. The van der Waals surface area contributed by atoms with Crippen molar-refractivity contribution >= 4 is 6.09 Å². The summed E-state index contributed by atoms with van der Waals surface area (Å²) in [5.41, 5.74) is 0.754. The van der Waals surface area contributed by atoms with Crippen molar-refractivity contribution in [2.75, 3.05) is 26.2 Å². The first-order valence-corrected chi connectivity index (χ1v) is 6.48. The number of amides is 1. The van der Waals surface area contributed by atoms with Gasteiger partial charge in [-0.2, -0.15) is 4.98 Å². The Balaban J connectivity index is 2.04. The first-order valence-electron chi connectivity index (χ1n) is 6.48. The van der Waals surface area contributed by atoms with E-state index in [0.29, 0.717) is 13.1 Å². The van der Waals surface area contributed by atoms with E-state index in [1.165, 1.54) is 0 Å². The fourth-order valence-electron chi connectivity index (χ4n) is 1.80. The maximum absolute atomic E-state index is 11.9. The van der Waals surface area contributed by atoms with E-state index in [1.807, 2.05) is 6.07 Å². The minimum Gasteiger partial charge on any atom is -0.374 e. The number of ether oxygens (including phenoxy) is 1. The molecule has 19 heavy (non-hydrogen) atoms. The van der Waals surface area contributed by atoms with Crippen molar-refractivity contribution in [2.24, 2.45) is 0 Å². The molecule has 0 aliphatic carbocycles. The van der Waals surface area contributed by atoms with Crippen LogP contribution in [0.25, 0.3) is 0 Å². The number of nitrogens with one attached hydrogen (secondary N) is 1. The summed E-state index contributed by atoms with van der Waals surface area (Å²) in [7, 11) is 0. The Morgan fingerprint density at radius 2 is 2.05 bits per heavy atom. The predicted molar refractivity (Wildman–Crippen MR) is 71.2 cm³/mol. The van der Waals surface area contributed by atoms with Crippen LogP contribution in [0.2, 0.25) is 0 Å². The summed E-state index contributed by atoms with van der Waals surface area (Å²) < 4.78 is 5.23. The van der Waals surface area contributed by atoms with Crippen molar-refractivity contribution in [3.8, 4) is 6.01 Å². The number of carbonyl (C=O) groups is 1. The third kappa shape index (κ3) is 3.64. The summed E-state index contributed by atoms with van der Waals surface area (Å²) in [6.45, 7) is 9.04. The third-order valence-electron chi connectivity index (χ3n) is 2.96. The van der Waals surface area contributed by atoms with Gasteiger partial charge in [-0.15, -0.1) is 0 Å². The zero-order chi connectivity index (χ0) is 13.9. The minimum atomic E-state index is -0.382. The SMILES string of the molecule is CC(C)(C)c1ccnc(OC(=O)N2CCNCC2)n1. The van der Waals surface area contributed by atoms with Crippen LogP contribution in [0.15, 0.2) is 12.3 Å². The van der Waals surface area contributed by atoms with Crippen LogP contribution < -0.4 is 10.1 Å². The molecular weight excluding hydrogens is 244 g/mol. The lowest BCUT2D eigenvalue weighted by Gasteiger charge is -2.26. The molecule has 1 aromatic heterocycles. The molecule has 0 bridgehead atoms. The molecule has 0 unspecified atom stereocenters. The second-order valence-electron chi connectivity index (χ2n) is 5.58. The first kappa shape index (κ1) is 13.7. The number of rotatable bonds is 1. The van der Waals surface area contributed by atoms with Gasteiger partial charge in [0.2, 0.25) is 0 Å². The van der Waals surface area contributed by atoms with Crippen LogP contribution in [0.4, 0.5) is 4.79 Å². The highest BCUT2D eigenvalue weighted by molar-refractivity contribution is 5.69. The molecule has 1 saturated heterocycles. The van der Waals surface area contributed by atoms with Gasteiger partial charge < -0.3 is 15.0 Å². The summed E-state index contributed by atoms with van der Waals surface area (Å²) in [5, 5.41) is 3.18. The van der Waals surface area contributed by atoms with Crippen LogP contribution in [0.5, 0.6) is 6.01 Å². The summed E-state index contributed by atoms with van der Waals surface area (Å²) in [4.78, 5) is 21.9. The third-order valence-corrected chi connectivity index (χ3v) is 2.96. The molecule has 2 rings (SSSR count). The monoisotopic (exact) mass is 264 g/mol. The van der Waals surface area contributed by atoms with E-state index >= 15 is 0 Å². The molecule has 1 N–H and O–H groups in total. The zero-order valence-electron chi connectivity index (χ0n) is 11.6. The molecule has 104 valence electrons. The molecule has 6 nitrogen and oxygen atoms in total. The van der Waals surface area contributed by atoms with Gasteiger partial charge in [-0.1, -0.05) is 20.8 Å². The van der Waals surface area contributed by atoms with Gasteiger partial charge in [0.05, 0.1) is 5.69 Å². The standard InChI is InChI=1S/C13H20N4O2/c1-13(2,3)10-4-5-15-11(16-10)19-12(18)17-8-6-14-7-9-17/h4-5,14H,6-9H2,1-3H3. The molecule has 0 spiro atoms. The summed E-state index contributed by atoms with van der Waals surface area (Å²) in [5.74, 6) is 0. The van der Waals surface area contributed by atoms with E-state index in [9.17, 15) is 4.79 Å². The quantitative estimate of drug-likeness (QED) is 0.825. The average molecular weight is 264 g/mol. The first-order chi connectivity index (χ1) is 8.97. The highest BCUT2D eigenvalue weighted by Crippen LogP contribution is 2.20. The van der Waals surface area contributed by atoms with Gasteiger partial charge in [0.15, 0.2) is 0 Å². The van der Waals surface area contributed by atoms with E-state index in [2.05, 4.69) is 36.1 Å². The van der Waals surface area contributed by atoms with Crippen molar-refractivity contribution < 1.29 is 9.53 Å². The largest absolute Gasteiger partial charge is 0.417 e. The van der Waals surface area contributed by atoms with Crippen LogP contribution in [0.3, 0.4) is 0 Å². The second-order valence-corrected chi connectivity index (χ2v) is 5.58. The van der Waals surface area contributed by atoms with Crippen molar-refractivity contribution in [3.05, 3.63) is 18.0 Å². The summed E-state index contributed by atoms with van der Waals surface area (Å²) in [6.07, 6.45) is 1.24. The molecule has 1 aromatic rings. The summed E-state index contributed by atoms with van der Waals surface area (Å²) >= 11 is 0. The van der Waals surface area contributed by atoms with E-state index in [4.69, 9.17) is 4.74 Å². The van der Waals surface area contributed by atoms with Crippen LogP contribution >= 0.6 is 0 Å². The van der Waals surface area contributed by atoms with Gasteiger partial charge in [-0.05, 0) is 6.07 Å². The highest BCUT2D eigenvalue weighted by Gasteiger charge is 2.21. The van der Waals surface area contributed by atoms with E-state index in [0.717, 1.165) is 18.8 Å². The van der Waals surface area contributed by atoms with Crippen LogP contribution in [0.1, 0.15) is 26.5 Å². The number of nitrogens with zero attached hydrogens (tertiary/aromatic N) is 3. The van der Waals surface area contributed by atoms with Gasteiger partial charge in [0, 0.05) is 37.8 Å². The Morgan fingerprint density at radius 1 is 1.37 bits per heavy atom. The van der Waals surface area contributed by atoms with Crippen LogP contribution in [-0.4, -0.2) is 47.1 Å².